The van der Waals surface area contributed by atoms with E-state index in [9.17, 15) is 43.8 Å². The Hall–Kier alpha value is -12.6. The van der Waals surface area contributed by atoms with Gasteiger partial charge in [0.05, 0.1) is 12.0 Å². The molecule has 0 unspecified atom stereocenters. The number of imide groups is 1. The van der Waals surface area contributed by atoms with Crippen LogP contribution in [0.5, 0.6) is 23.0 Å². The van der Waals surface area contributed by atoms with Gasteiger partial charge in [-0.2, -0.15) is 0 Å². The fraction of sp³-hybridized carbons (Fsp3) is 0.380. The SMILES string of the molecule is CN(C)c1ccc2c(c1)Oc1cc(N(C)C)ccc1C21OC(=O)c2ccc(C(=O)N(C(=O)[C@H](CC(N)=O)NC(=O)[C@H](CCC(N)=O)NC(=O)[C@H](Cc3ccccc3)NC(=O)[C@@H](Cc3ccc(O)cc3)N(C)C(=O)CCc3ccc(O)cc3)[C@@H](CCCCN)C(=O)N3CCC[C@H]3C(=O)N[C@@H](CCCN=C(N)N)C(N)=O)cc21. The number of carbonyl (C=O) groups excluding carboxylic acids is 12. The Morgan fingerprint density at radius 1 is 0.595 bits per heavy atom. The van der Waals surface area contributed by atoms with Crippen LogP contribution >= 0.6 is 0 Å². The van der Waals surface area contributed by atoms with E-state index in [0.29, 0.717) is 44.1 Å². The van der Waals surface area contributed by atoms with E-state index < -0.39 is 138 Å². The largest absolute Gasteiger partial charge is 0.508 e. The van der Waals surface area contributed by atoms with Crippen molar-refractivity contribution in [1.82, 2.24) is 36.0 Å². The summed E-state index contributed by atoms with van der Waals surface area (Å²) in [7, 11) is 8.70. The number of phenols is 2. The average Bonchev–Trinajstić information content (AvgIpc) is 1.59. The number of hydrogen-bond acceptors (Lipinski definition) is 20. The van der Waals surface area contributed by atoms with E-state index in [1.54, 1.807) is 91.0 Å². The van der Waals surface area contributed by atoms with E-state index in [-0.39, 0.29) is 136 Å². The molecule has 1 fully saturated rings. The number of rotatable bonds is 36. The summed E-state index contributed by atoms with van der Waals surface area (Å²) in [6, 6.07) is 23.3. The van der Waals surface area contributed by atoms with Gasteiger partial charge in [0.15, 0.2) is 11.6 Å². The first-order valence-corrected chi connectivity index (χ1v) is 36.4. The number of nitrogens with two attached hydrogens (primary N) is 6. The van der Waals surface area contributed by atoms with Crippen molar-refractivity contribution < 1.29 is 77.2 Å². The number of nitrogens with zero attached hydrogens (tertiary/aromatic N) is 6. The number of likely N-dealkylation sites (N-methyl/N-ethyl adjacent to an activating group) is 1. The lowest BCUT2D eigenvalue weighted by Crippen LogP contribution is -2.62. The highest BCUT2D eigenvalue weighted by molar-refractivity contribution is 6.12. The highest BCUT2D eigenvalue weighted by Crippen LogP contribution is 2.57. The van der Waals surface area contributed by atoms with Crippen molar-refractivity contribution in [2.75, 3.05) is 64.7 Å². The van der Waals surface area contributed by atoms with E-state index in [2.05, 4.69) is 26.3 Å². The number of likely N-dealkylation sites (tertiary alicyclic amines) is 1. The predicted octanol–water partition coefficient (Wildman–Crippen LogP) is 1.82. The number of aryl methyl sites for hydroxylation is 1. The first kappa shape index (κ1) is 82.4. The Labute approximate surface area is 641 Å². The number of ether oxygens (including phenoxy) is 2. The van der Waals surface area contributed by atoms with Crippen LogP contribution in [0, 0.1) is 0 Å². The van der Waals surface area contributed by atoms with Crippen molar-refractivity contribution in [1.29, 1.82) is 0 Å². The summed E-state index contributed by atoms with van der Waals surface area (Å²) < 4.78 is 13.2. The Morgan fingerprint density at radius 3 is 1.77 bits per heavy atom. The van der Waals surface area contributed by atoms with Gasteiger partial charge in [-0.25, -0.2) is 4.79 Å². The Kier molecular flexibility index (Phi) is 27.5. The van der Waals surface area contributed by atoms with Gasteiger partial charge in [0.1, 0.15) is 65.3 Å². The van der Waals surface area contributed by atoms with Gasteiger partial charge in [0.2, 0.25) is 53.2 Å². The molecule has 0 aliphatic carbocycles. The van der Waals surface area contributed by atoms with Crippen LogP contribution in [0.25, 0.3) is 0 Å². The maximum atomic E-state index is 16.4. The van der Waals surface area contributed by atoms with Crippen molar-refractivity contribution in [3.63, 3.8) is 0 Å². The zero-order chi connectivity index (χ0) is 80.5. The average molecular weight is 1530 g/mol. The van der Waals surface area contributed by atoms with Crippen LogP contribution in [0.2, 0.25) is 0 Å². The predicted molar refractivity (Wildman–Crippen MR) is 410 cm³/mol. The number of esters is 1. The van der Waals surface area contributed by atoms with Gasteiger partial charge in [-0.3, -0.25) is 62.6 Å². The number of hydrogen-bond donors (Lipinski definition) is 12. The maximum Gasteiger partial charge on any atom is 0.340 e. The molecule has 18 N–H and O–H groups in total. The first-order valence-electron chi connectivity index (χ1n) is 36.4. The molecule has 0 radical (unpaired) electrons. The number of nitrogens with one attached hydrogen (secondary N) is 4. The fourth-order valence-electron chi connectivity index (χ4n) is 13.8. The van der Waals surface area contributed by atoms with Gasteiger partial charge >= 0.3 is 5.97 Å². The van der Waals surface area contributed by atoms with Crippen LogP contribution in [0.4, 0.5) is 11.4 Å². The summed E-state index contributed by atoms with van der Waals surface area (Å²) in [4.78, 5) is 187. The fourth-order valence-corrected chi connectivity index (χ4v) is 13.8. The molecule has 588 valence electrons. The van der Waals surface area contributed by atoms with Crippen LogP contribution in [-0.2, 0) is 77.5 Å². The topological polar surface area (TPSA) is 497 Å². The zero-order valence-electron chi connectivity index (χ0n) is 62.5. The molecule has 32 nitrogen and oxygen atoms in total. The monoisotopic (exact) mass is 1520 g/mol. The van der Waals surface area contributed by atoms with Crippen LogP contribution in [0.1, 0.15) is 125 Å². The normalized spacial score (nSPS) is 15.2. The van der Waals surface area contributed by atoms with E-state index in [1.807, 2.05) is 38.0 Å². The highest BCUT2D eigenvalue weighted by atomic mass is 16.6. The molecule has 3 heterocycles. The summed E-state index contributed by atoms with van der Waals surface area (Å²) >= 11 is 0. The molecule has 3 aliphatic heterocycles. The van der Waals surface area contributed by atoms with Gasteiger partial charge in [-0.1, -0.05) is 54.6 Å². The van der Waals surface area contributed by atoms with Gasteiger partial charge in [-0.05, 0) is 148 Å². The number of guanidine groups is 1. The summed E-state index contributed by atoms with van der Waals surface area (Å²) in [5.41, 5.74) is 36.2. The van der Waals surface area contributed by atoms with Crippen LogP contribution in [0.3, 0.4) is 0 Å². The van der Waals surface area contributed by atoms with Gasteiger partial charge < -0.3 is 95.0 Å². The zero-order valence-corrected chi connectivity index (χ0v) is 62.5. The molecule has 11 amide bonds. The third-order valence-corrected chi connectivity index (χ3v) is 19.8. The van der Waals surface area contributed by atoms with Crippen LogP contribution in [-0.4, -0.2) is 199 Å². The molecule has 0 aromatic heterocycles. The third kappa shape index (κ3) is 20.2. The summed E-state index contributed by atoms with van der Waals surface area (Å²) in [6.07, 6.45) is -2.28. The molecule has 1 spiro atoms. The number of fused-ring (bicyclic) bond motifs is 6. The smallest absolute Gasteiger partial charge is 0.340 e. The van der Waals surface area contributed by atoms with E-state index >= 15 is 24.0 Å². The quantitative estimate of drug-likeness (QED) is 0.0115. The number of phenolic OH excluding ortho intramolecular Hbond substituents is 2. The van der Waals surface area contributed by atoms with Gasteiger partial charge in [-0.15, -0.1) is 0 Å². The number of aliphatic imine (C=N–C) groups is 1. The molecular formula is C79H96N16O16. The molecule has 7 atom stereocenters. The van der Waals surface area contributed by atoms with Gasteiger partial charge in [0.25, 0.3) is 11.8 Å². The number of anilines is 2. The molecule has 9 rings (SSSR count). The van der Waals surface area contributed by atoms with Crippen molar-refractivity contribution >= 4 is 88.3 Å². The standard InChI is InChI=1S/C79H96N16O16/c1-91(2)49-24-31-54-64(42-49)110-65-43-50(92(3)4)25-32-55(65)79(54)56-41-48(23-30-53(56)77(109)111-79)74(106)95(62(16-9-10-36-80)76(108)94-38-12-17-61(94)72(104)87-57(69(83)101)15-11-37-86-78(84)85)75(107)60(44-67(82)99)90-70(102)58(33-34-66(81)98)88-71(103)59(39-46-13-7-6-8-14-46)89-73(105)63(40-47-20-28-52(97)29-21-47)93(5)68(100)35-22-45-18-26-51(96)27-19-45/h6-8,13-14,18-21,23-32,41-43,57-63,96-97H,9-12,15-17,22,33-40,44,80H2,1-5H3,(H2,81,98)(H2,82,99)(H2,83,101)(H,87,104)(H,88,103)(H,89,105)(H,90,102)(H4,84,85,86)/t57-,58-,59-,60-,61-,62-,63+/m0/s1. The summed E-state index contributed by atoms with van der Waals surface area (Å²) in [6.45, 7) is -0.0145. The van der Waals surface area contributed by atoms with Crippen LogP contribution < -0.4 is 70.2 Å². The lowest BCUT2D eigenvalue weighted by Gasteiger charge is -2.38. The Balaban J connectivity index is 1.12. The number of aromatic hydroxyl groups is 2. The minimum absolute atomic E-state index is 0.00777. The lowest BCUT2D eigenvalue weighted by molar-refractivity contribution is -0.148. The molecular weight excluding hydrogens is 1430 g/mol. The number of benzene rings is 6. The number of unbranched alkanes of at least 4 members (excludes halogenated alkanes) is 1. The molecule has 0 saturated carbocycles. The van der Waals surface area contributed by atoms with Crippen molar-refractivity contribution in [2.45, 2.75) is 138 Å². The second kappa shape index (κ2) is 37.0. The van der Waals surface area contributed by atoms with Crippen molar-refractivity contribution in [2.24, 2.45) is 39.4 Å². The second-order valence-electron chi connectivity index (χ2n) is 28.1. The minimum atomic E-state index is -2.22. The summed E-state index contributed by atoms with van der Waals surface area (Å²) in [5.74, 6) is -11.7. The van der Waals surface area contributed by atoms with E-state index in [4.69, 9.17) is 43.9 Å². The maximum absolute atomic E-state index is 16.4. The molecule has 6 aromatic carbocycles. The summed E-state index contributed by atoms with van der Waals surface area (Å²) in [5, 5.41) is 30.5. The van der Waals surface area contributed by atoms with Gasteiger partial charge in [0, 0.05) is 120 Å². The lowest BCUT2D eigenvalue weighted by atomic mass is 9.77. The molecule has 111 heavy (non-hydrogen) atoms. The molecule has 3 aliphatic rings. The number of primary amides is 3. The number of carbonyl (C=O) groups is 12. The highest BCUT2D eigenvalue weighted by Gasteiger charge is 2.55. The van der Waals surface area contributed by atoms with Crippen molar-refractivity contribution in [3.05, 3.63) is 178 Å². The van der Waals surface area contributed by atoms with E-state index in [1.165, 1.54) is 54.4 Å². The second-order valence-corrected chi connectivity index (χ2v) is 28.1. The van der Waals surface area contributed by atoms with Crippen molar-refractivity contribution in [3.8, 4) is 23.0 Å². The minimum Gasteiger partial charge on any atom is -0.508 e. The molecule has 0 bridgehead atoms. The van der Waals surface area contributed by atoms with Crippen LogP contribution in [0.15, 0.2) is 138 Å². The van der Waals surface area contributed by atoms with E-state index in [0.717, 1.165) is 4.90 Å². The Bertz CT molecular complexity index is 4440. The Morgan fingerprint density at radius 2 is 1.19 bits per heavy atom. The molecule has 6 aromatic rings. The molecule has 32 heteroatoms. The third-order valence-electron chi connectivity index (χ3n) is 19.8. The molecule has 1 saturated heterocycles. The number of amides is 11. The first-order chi connectivity index (χ1) is 52.9.